The molecule has 0 unspecified atom stereocenters. The summed E-state index contributed by atoms with van der Waals surface area (Å²) in [5.41, 5.74) is 1.28. The molecule has 1 fully saturated rings. The standard InChI is InChI=1S/C20H20F3N3/c1-2-15-5-7-16(8-6-15)12-24-18-4-3-11-26(14-18)19-10-9-17(13-25-19)20(21,22)23/h1,5-10,13,18,24H,3-4,11-12,14H2/t18-/m1/s1. The highest BCUT2D eigenvalue weighted by atomic mass is 19.4. The van der Waals surface area contributed by atoms with Crippen LogP contribution in [0.25, 0.3) is 0 Å². The van der Waals surface area contributed by atoms with Gasteiger partial charge in [0.05, 0.1) is 5.56 Å². The zero-order chi connectivity index (χ0) is 18.6. The monoisotopic (exact) mass is 359 g/mol. The van der Waals surface area contributed by atoms with E-state index in [1.54, 1.807) is 0 Å². The average molecular weight is 359 g/mol. The van der Waals surface area contributed by atoms with E-state index in [-0.39, 0.29) is 6.04 Å². The molecule has 0 aliphatic carbocycles. The van der Waals surface area contributed by atoms with Crippen LogP contribution in [0.1, 0.15) is 29.5 Å². The summed E-state index contributed by atoms with van der Waals surface area (Å²) in [6, 6.07) is 10.6. The van der Waals surface area contributed by atoms with E-state index < -0.39 is 11.7 Å². The molecule has 1 aliphatic rings. The van der Waals surface area contributed by atoms with Crippen molar-refractivity contribution in [2.45, 2.75) is 31.6 Å². The van der Waals surface area contributed by atoms with Crippen LogP contribution < -0.4 is 10.2 Å². The number of aromatic nitrogens is 1. The molecule has 0 saturated carbocycles. The molecule has 1 aromatic carbocycles. The maximum absolute atomic E-state index is 12.7. The second-order valence-electron chi connectivity index (χ2n) is 6.41. The van der Waals surface area contributed by atoms with Crippen molar-refractivity contribution in [3.05, 3.63) is 59.3 Å². The van der Waals surface area contributed by atoms with E-state index in [1.807, 2.05) is 29.2 Å². The number of terminal acetylenes is 1. The predicted molar refractivity (Wildman–Crippen MR) is 95.7 cm³/mol. The van der Waals surface area contributed by atoms with Gasteiger partial charge in [0, 0.05) is 37.4 Å². The Labute approximate surface area is 151 Å². The quantitative estimate of drug-likeness (QED) is 0.841. The van der Waals surface area contributed by atoms with Crippen molar-refractivity contribution < 1.29 is 13.2 Å². The van der Waals surface area contributed by atoms with Crippen LogP contribution in [0.3, 0.4) is 0 Å². The maximum atomic E-state index is 12.7. The fraction of sp³-hybridized carbons (Fsp3) is 0.350. The number of piperidine rings is 1. The highest BCUT2D eigenvalue weighted by Crippen LogP contribution is 2.29. The Morgan fingerprint density at radius 2 is 1.96 bits per heavy atom. The van der Waals surface area contributed by atoms with Gasteiger partial charge in [0.15, 0.2) is 0 Å². The Bertz CT molecular complexity index is 761. The number of rotatable bonds is 4. The van der Waals surface area contributed by atoms with Crippen molar-refractivity contribution in [1.29, 1.82) is 0 Å². The molecule has 1 aliphatic heterocycles. The van der Waals surface area contributed by atoms with Crippen molar-refractivity contribution in [1.82, 2.24) is 10.3 Å². The van der Waals surface area contributed by atoms with Crippen LogP contribution in [0.5, 0.6) is 0 Å². The molecule has 3 rings (SSSR count). The summed E-state index contributed by atoms with van der Waals surface area (Å²) in [7, 11) is 0. The minimum atomic E-state index is -4.35. The van der Waals surface area contributed by atoms with Crippen LogP contribution in [0, 0.1) is 12.3 Å². The molecule has 0 bridgehead atoms. The molecule has 1 aromatic heterocycles. The van der Waals surface area contributed by atoms with Crippen LogP contribution in [0.15, 0.2) is 42.6 Å². The van der Waals surface area contributed by atoms with Gasteiger partial charge in [0.1, 0.15) is 5.82 Å². The Balaban J connectivity index is 1.57. The molecule has 2 heterocycles. The van der Waals surface area contributed by atoms with Crippen LogP contribution in [0.4, 0.5) is 19.0 Å². The summed E-state index contributed by atoms with van der Waals surface area (Å²) in [6.07, 6.45) is 3.90. The lowest BCUT2D eigenvalue weighted by Gasteiger charge is -2.34. The molecule has 26 heavy (non-hydrogen) atoms. The minimum Gasteiger partial charge on any atom is -0.355 e. The van der Waals surface area contributed by atoms with Crippen molar-refractivity contribution in [2.24, 2.45) is 0 Å². The second-order valence-corrected chi connectivity index (χ2v) is 6.41. The predicted octanol–water partition coefficient (Wildman–Crippen LogP) is 3.84. The van der Waals surface area contributed by atoms with Crippen molar-refractivity contribution in [3.63, 3.8) is 0 Å². The number of anilines is 1. The van der Waals surface area contributed by atoms with Crippen molar-refractivity contribution in [3.8, 4) is 12.3 Å². The SMILES string of the molecule is C#Cc1ccc(CN[C@@H]2CCCN(c3ccc(C(F)(F)F)cn3)C2)cc1. The molecule has 1 N–H and O–H groups in total. The van der Waals surface area contributed by atoms with Crippen LogP contribution in [-0.2, 0) is 12.7 Å². The number of alkyl halides is 3. The Kier molecular flexibility index (Phi) is 5.48. The number of hydrogen-bond acceptors (Lipinski definition) is 3. The van der Waals surface area contributed by atoms with E-state index in [4.69, 9.17) is 6.42 Å². The first-order valence-electron chi connectivity index (χ1n) is 8.53. The van der Waals surface area contributed by atoms with E-state index >= 15 is 0 Å². The molecular weight excluding hydrogens is 339 g/mol. The van der Waals surface area contributed by atoms with E-state index in [0.717, 1.165) is 55.9 Å². The third-order valence-electron chi connectivity index (χ3n) is 4.54. The lowest BCUT2D eigenvalue weighted by Crippen LogP contribution is -2.45. The number of benzene rings is 1. The van der Waals surface area contributed by atoms with Gasteiger partial charge in [-0.05, 0) is 42.7 Å². The lowest BCUT2D eigenvalue weighted by molar-refractivity contribution is -0.137. The summed E-state index contributed by atoms with van der Waals surface area (Å²) in [4.78, 5) is 6.03. The summed E-state index contributed by atoms with van der Waals surface area (Å²) >= 11 is 0. The Morgan fingerprint density at radius 1 is 1.19 bits per heavy atom. The van der Waals surface area contributed by atoms with Gasteiger partial charge in [-0.25, -0.2) is 4.98 Å². The minimum absolute atomic E-state index is 0.264. The first-order valence-corrected chi connectivity index (χ1v) is 8.53. The summed E-state index contributed by atoms with van der Waals surface area (Å²) < 4.78 is 38.0. The molecule has 136 valence electrons. The molecule has 1 atom stereocenters. The second kappa shape index (κ2) is 7.79. The topological polar surface area (TPSA) is 28.2 Å². The van der Waals surface area contributed by atoms with Gasteiger partial charge in [0.25, 0.3) is 0 Å². The summed E-state index contributed by atoms with van der Waals surface area (Å²) in [6.45, 7) is 2.25. The smallest absolute Gasteiger partial charge is 0.355 e. The molecule has 0 radical (unpaired) electrons. The molecule has 6 heteroatoms. The fourth-order valence-corrected chi connectivity index (χ4v) is 3.07. The third-order valence-corrected chi connectivity index (χ3v) is 4.54. The number of halogens is 3. The number of nitrogens with zero attached hydrogens (tertiary/aromatic N) is 2. The fourth-order valence-electron chi connectivity index (χ4n) is 3.07. The first kappa shape index (κ1) is 18.3. The lowest BCUT2D eigenvalue weighted by atomic mass is 10.0. The van der Waals surface area contributed by atoms with E-state index in [9.17, 15) is 13.2 Å². The van der Waals surface area contributed by atoms with Gasteiger partial charge in [-0.1, -0.05) is 18.1 Å². The molecule has 0 amide bonds. The molecule has 0 spiro atoms. The van der Waals surface area contributed by atoms with Gasteiger partial charge < -0.3 is 10.2 Å². The molecular formula is C20H20F3N3. The first-order chi connectivity index (χ1) is 12.5. The van der Waals surface area contributed by atoms with Crippen LogP contribution in [0.2, 0.25) is 0 Å². The number of pyridine rings is 1. The zero-order valence-corrected chi connectivity index (χ0v) is 14.3. The normalized spacial score (nSPS) is 17.8. The summed E-state index contributed by atoms with van der Waals surface area (Å²) in [5, 5.41) is 3.51. The molecule has 2 aromatic rings. The van der Waals surface area contributed by atoms with E-state index in [0.29, 0.717) is 5.82 Å². The van der Waals surface area contributed by atoms with Crippen molar-refractivity contribution >= 4 is 5.82 Å². The number of nitrogens with one attached hydrogen (secondary N) is 1. The van der Waals surface area contributed by atoms with Gasteiger partial charge >= 0.3 is 6.18 Å². The molecule has 3 nitrogen and oxygen atoms in total. The highest BCUT2D eigenvalue weighted by molar-refractivity contribution is 5.40. The van der Waals surface area contributed by atoms with Crippen molar-refractivity contribution in [2.75, 3.05) is 18.0 Å². The average Bonchev–Trinajstić information content (AvgIpc) is 2.66. The molecule has 1 saturated heterocycles. The highest BCUT2D eigenvalue weighted by Gasteiger charge is 2.31. The van der Waals surface area contributed by atoms with E-state index in [2.05, 4.69) is 16.2 Å². The van der Waals surface area contributed by atoms with Gasteiger partial charge in [-0.2, -0.15) is 13.2 Å². The van der Waals surface area contributed by atoms with Gasteiger partial charge in [-0.3, -0.25) is 0 Å². The van der Waals surface area contributed by atoms with Gasteiger partial charge in [-0.15, -0.1) is 6.42 Å². The van der Waals surface area contributed by atoms with Crippen LogP contribution in [-0.4, -0.2) is 24.1 Å². The van der Waals surface area contributed by atoms with E-state index in [1.165, 1.54) is 6.07 Å². The maximum Gasteiger partial charge on any atom is 0.417 e. The van der Waals surface area contributed by atoms with Gasteiger partial charge in [0.2, 0.25) is 0 Å². The largest absolute Gasteiger partial charge is 0.417 e. The number of hydrogen-bond donors (Lipinski definition) is 1. The Morgan fingerprint density at radius 3 is 2.58 bits per heavy atom. The zero-order valence-electron chi connectivity index (χ0n) is 14.3. The van der Waals surface area contributed by atoms with Crippen LogP contribution >= 0.6 is 0 Å². The third kappa shape index (κ3) is 4.55. The Hall–Kier alpha value is -2.52. The summed E-state index contributed by atoms with van der Waals surface area (Å²) in [5.74, 6) is 3.18.